The number of rotatable bonds is 1. The van der Waals surface area contributed by atoms with Crippen molar-refractivity contribution < 1.29 is 0 Å². The van der Waals surface area contributed by atoms with Gasteiger partial charge < -0.3 is 0 Å². The first-order valence-electron chi connectivity index (χ1n) is 4.19. The van der Waals surface area contributed by atoms with Crippen molar-refractivity contribution in [3.05, 3.63) is 58.6 Å². The van der Waals surface area contributed by atoms with E-state index in [4.69, 9.17) is 23.2 Å². The molecule has 0 aromatic heterocycles. The van der Waals surface area contributed by atoms with Gasteiger partial charge in [-0.3, -0.25) is 0 Å². The van der Waals surface area contributed by atoms with Gasteiger partial charge in [0.2, 0.25) is 0 Å². The molecule has 0 aliphatic heterocycles. The third-order valence-electron chi connectivity index (χ3n) is 1.93. The van der Waals surface area contributed by atoms with Crippen LogP contribution in [0.5, 0.6) is 0 Å². The lowest BCUT2D eigenvalue weighted by Crippen LogP contribution is -1.78. The third-order valence-corrected chi connectivity index (χ3v) is 2.48. The molecular weight excluding hydrogens is 215 g/mol. The molecular formula is C12H7Cl2. The van der Waals surface area contributed by atoms with Crippen molar-refractivity contribution in [2.45, 2.75) is 0 Å². The Morgan fingerprint density at radius 3 is 2.50 bits per heavy atom. The molecule has 0 fully saturated rings. The highest BCUT2D eigenvalue weighted by Crippen LogP contribution is 2.29. The van der Waals surface area contributed by atoms with Gasteiger partial charge in [0, 0.05) is 15.6 Å². The van der Waals surface area contributed by atoms with E-state index in [1.165, 1.54) is 0 Å². The van der Waals surface area contributed by atoms with Gasteiger partial charge in [-0.15, -0.1) is 0 Å². The summed E-state index contributed by atoms with van der Waals surface area (Å²) in [4.78, 5) is 0. The Balaban J connectivity index is 2.53. The largest absolute Gasteiger partial charge is 0.0843 e. The van der Waals surface area contributed by atoms with Crippen LogP contribution in [-0.4, -0.2) is 0 Å². The summed E-state index contributed by atoms with van der Waals surface area (Å²) in [6, 6.07) is 16.3. The van der Waals surface area contributed by atoms with Gasteiger partial charge in [-0.25, -0.2) is 0 Å². The zero-order valence-corrected chi connectivity index (χ0v) is 8.81. The first-order valence-corrected chi connectivity index (χ1v) is 4.95. The van der Waals surface area contributed by atoms with E-state index in [1.54, 1.807) is 6.07 Å². The van der Waals surface area contributed by atoms with Crippen LogP contribution in [0.25, 0.3) is 11.1 Å². The second kappa shape index (κ2) is 4.04. The van der Waals surface area contributed by atoms with Crippen LogP contribution in [0.1, 0.15) is 0 Å². The maximum Gasteiger partial charge on any atom is 0.0499 e. The highest BCUT2D eigenvalue weighted by molar-refractivity contribution is 6.36. The van der Waals surface area contributed by atoms with E-state index < -0.39 is 0 Å². The standard InChI is InChI=1S/C12H7Cl2/c13-10-6-7-11(12(14)8-10)9-4-2-1-3-5-9/h1-4,6-8H. The van der Waals surface area contributed by atoms with Crippen molar-refractivity contribution in [2.24, 2.45) is 0 Å². The van der Waals surface area contributed by atoms with E-state index in [-0.39, 0.29) is 0 Å². The lowest BCUT2D eigenvalue weighted by molar-refractivity contribution is 1.61. The molecule has 0 spiro atoms. The Kier molecular flexibility index (Phi) is 2.76. The first-order chi connectivity index (χ1) is 6.77. The van der Waals surface area contributed by atoms with E-state index >= 15 is 0 Å². The van der Waals surface area contributed by atoms with Crippen LogP contribution in [0.3, 0.4) is 0 Å². The van der Waals surface area contributed by atoms with Gasteiger partial charge in [0.1, 0.15) is 0 Å². The molecule has 2 aromatic carbocycles. The first kappa shape index (κ1) is 9.57. The van der Waals surface area contributed by atoms with Crippen molar-refractivity contribution in [3.8, 4) is 11.1 Å². The van der Waals surface area contributed by atoms with E-state index in [9.17, 15) is 0 Å². The Morgan fingerprint density at radius 2 is 1.86 bits per heavy atom. The number of hydrogen-bond donors (Lipinski definition) is 0. The monoisotopic (exact) mass is 221 g/mol. The van der Waals surface area contributed by atoms with Gasteiger partial charge >= 0.3 is 0 Å². The van der Waals surface area contributed by atoms with E-state index in [2.05, 4.69) is 6.07 Å². The average Bonchev–Trinajstić information content (AvgIpc) is 2.19. The Bertz CT molecular complexity index is 435. The van der Waals surface area contributed by atoms with Gasteiger partial charge in [0.25, 0.3) is 0 Å². The number of hydrogen-bond acceptors (Lipinski definition) is 0. The summed E-state index contributed by atoms with van der Waals surface area (Å²) in [5.41, 5.74) is 1.94. The fourth-order valence-corrected chi connectivity index (χ4v) is 1.78. The van der Waals surface area contributed by atoms with E-state index in [1.807, 2.05) is 36.4 Å². The minimum absolute atomic E-state index is 0.648. The average molecular weight is 222 g/mol. The molecule has 0 heterocycles. The number of benzene rings is 2. The lowest BCUT2D eigenvalue weighted by atomic mass is 10.1. The molecule has 0 nitrogen and oxygen atoms in total. The van der Waals surface area contributed by atoms with Gasteiger partial charge in [-0.1, -0.05) is 53.5 Å². The van der Waals surface area contributed by atoms with Crippen molar-refractivity contribution in [1.82, 2.24) is 0 Å². The van der Waals surface area contributed by atoms with Gasteiger partial charge in [-0.05, 0) is 23.8 Å². The molecule has 2 heteroatoms. The predicted octanol–water partition coefficient (Wildman–Crippen LogP) is 4.46. The zero-order chi connectivity index (χ0) is 9.97. The van der Waals surface area contributed by atoms with E-state index in [0.717, 1.165) is 11.1 Å². The molecule has 1 radical (unpaired) electrons. The van der Waals surface area contributed by atoms with Crippen LogP contribution in [0, 0.1) is 6.07 Å². The second-order valence-electron chi connectivity index (χ2n) is 2.90. The molecule has 0 saturated carbocycles. The number of halogens is 2. The molecule has 0 amide bonds. The maximum absolute atomic E-state index is 6.06. The van der Waals surface area contributed by atoms with Crippen molar-refractivity contribution in [2.75, 3.05) is 0 Å². The summed E-state index contributed by atoms with van der Waals surface area (Å²) >= 11 is 11.9. The summed E-state index contributed by atoms with van der Waals surface area (Å²) < 4.78 is 0. The summed E-state index contributed by atoms with van der Waals surface area (Å²) in [6.07, 6.45) is 0. The van der Waals surface area contributed by atoms with Gasteiger partial charge in [0.05, 0.1) is 0 Å². The van der Waals surface area contributed by atoms with Crippen LogP contribution in [0.2, 0.25) is 10.0 Å². The fraction of sp³-hybridized carbons (Fsp3) is 0. The summed E-state index contributed by atoms with van der Waals surface area (Å²) in [5.74, 6) is 0. The molecule has 0 atom stereocenters. The molecule has 69 valence electrons. The molecule has 2 aromatic rings. The van der Waals surface area contributed by atoms with Crippen LogP contribution in [0.15, 0.2) is 42.5 Å². The minimum Gasteiger partial charge on any atom is -0.0843 e. The molecule has 14 heavy (non-hydrogen) atoms. The Labute approximate surface area is 93.1 Å². The molecule has 2 rings (SSSR count). The van der Waals surface area contributed by atoms with Crippen molar-refractivity contribution in [1.29, 1.82) is 0 Å². The normalized spacial score (nSPS) is 10.1. The van der Waals surface area contributed by atoms with Crippen LogP contribution in [0.4, 0.5) is 0 Å². The third kappa shape index (κ3) is 1.92. The molecule has 0 unspecified atom stereocenters. The topological polar surface area (TPSA) is 0 Å². The van der Waals surface area contributed by atoms with Crippen LogP contribution >= 0.6 is 23.2 Å². The molecule has 0 saturated heterocycles. The van der Waals surface area contributed by atoms with Crippen LogP contribution in [-0.2, 0) is 0 Å². The quantitative estimate of drug-likeness (QED) is 0.668. The summed E-state index contributed by atoms with van der Waals surface area (Å²) in [5, 5.41) is 1.30. The highest BCUT2D eigenvalue weighted by atomic mass is 35.5. The molecule has 0 bridgehead atoms. The van der Waals surface area contributed by atoms with Crippen LogP contribution < -0.4 is 0 Å². The highest BCUT2D eigenvalue weighted by Gasteiger charge is 2.02. The summed E-state index contributed by atoms with van der Waals surface area (Å²) in [6.45, 7) is 0. The SMILES string of the molecule is Clc1ccc(-c2[c]cccc2)c(Cl)c1. The van der Waals surface area contributed by atoms with E-state index in [0.29, 0.717) is 10.0 Å². The fourth-order valence-electron chi connectivity index (χ4n) is 1.27. The van der Waals surface area contributed by atoms with Crippen molar-refractivity contribution >= 4 is 23.2 Å². The Hall–Kier alpha value is -0.980. The summed E-state index contributed by atoms with van der Waals surface area (Å²) in [7, 11) is 0. The van der Waals surface area contributed by atoms with Crippen molar-refractivity contribution in [3.63, 3.8) is 0 Å². The van der Waals surface area contributed by atoms with Gasteiger partial charge in [0.15, 0.2) is 0 Å². The molecule has 0 aliphatic carbocycles. The Morgan fingerprint density at radius 1 is 1.00 bits per heavy atom. The second-order valence-corrected chi connectivity index (χ2v) is 3.74. The molecule has 0 aliphatic rings. The maximum atomic E-state index is 6.06. The minimum atomic E-state index is 0.648. The zero-order valence-electron chi connectivity index (χ0n) is 7.30. The predicted molar refractivity (Wildman–Crippen MR) is 60.7 cm³/mol. The van der Waals surface area contributed by atoms with Gasteiger partial charge in [-0.2, -0.15) is 0 Å². The lowest BCUT2D eigenvalue weighted by Gasteiger charge is -2.03. The molecule has 0 N–H and O–H groups in total. The smallest absolute Gasteiger partial charge is 0.0499 e.